The van der Waals surface area contributed by atoms with Gasteiger partial charge in [-0.25, -0.2) is 4.39 Å². The van der Waals surface area contributed by atoms with Gasteiger partial charge < -0.3 is 11.1 Å². The second-order valence-corrected chi connectivity index (χ2v) is 12.8. The summed E-state index contributed by atoms with van der Waals surface area (Å²) in [7, 11) is 0. The number of allylic oxidation sites excluding steroid dienone is 3. The van der Waals surface area contributed by atoms with Crippen LogP contribution in [0.1, 0.15) is 38.2 Å². The minimum absolute atomic E-state index is 0.0220. The van der Waals surface area contributed by atoms with Crippen molar-refractivity contribution in [3.05, 3.63) is 87.6 Å². The summed E-state index contributed by atoms with van der Waals surface area (Å²) in [5.74, 6) is -1.57. The molecule has 40 heavy (non-hydrogen) atoms. The van der Waals surface area contributed by atoms with Gasteiger partial charge in [-0.05, 0) is 35.6 Å². The molecule has 1 aromatic heterocycles. The number of rotatable bonds is 6. The standard InChI is InChI=1S/C28H24ClFN6O2S2/c1-28(2)11-20-24(21(37)12-28)23(15-7-3-4-8-17(15)29)16(13-31)25(32)36(20)26-34-35-27(40-26)39-14-22(38)33-19-10-6-5-9-18(19)30/h3-10,23H,11-12,14,32H2,1-2H3,(H,33,38). The second-order valence-electron chi connectivity index (χ2n) is 10.2. The second kappa shape index (κ2) is 11.0. The molecule has 5 rings (SSSR count). The van der Waals surface area contributed by atoms with Crippen LogP contribution in [-0.4, -0.2) is 27.6 Å². The minimum Gasteiger partial charge on any atom is -0.384 e. The van der Waals surface area contributed by atoms with Crippen molar-refractivity contribution in [1.29, 1.82) is 5.26 Å². The number of para-hydroxylation sites is 1. The number of carbonyl (C=O) groups excluding carboxylic acids is 2. The van der Waals surface area contributed by atoms with Crippen LogP contribution in [0.4, 0.5) is 15.2 Å². The summed E-state index contributed by atoms with van der Waals surface area (Å²) in [6, 6.07) is 15.3. The number of anilines is 2. The Hall–Kier alpha value is -3.72. The first-order chi connectivity index (χ1) is 19.1. The van der Waals surface area contributed by atoms with Gasteiger partial charge in [-0.15, -0.1) is 10.2 Å². The fraction of sp³-hybridized carbons (Fsp3) is 0.250. The Bertz CT molecular complexity index is 1630. The van der Waals surface area contributed by atoms with Gasteiger partial charge in [0.1, 0.15) is 11.6 Å². The number of hydrogen-bond donors (Lipinski definition) is 2. The lowest BCUT2D eigenvalue weighted by Crippen LogP contribution is -2.42. The van der Waals surface area contributed by atoms with Crippen LogP contribution in [-0.2, 0) is 9.59 Å². The number of nitrogens with one attached hydrogen (secondary N) is 1. The van der Waals surface area contributed by atoms with Crippen molar-refractivity contribution < 1.29 is 14.0 Å². The maximum absolute atomic E-state index is 13.9. The lowest BCUT2D eigenvalue weighted by atomic mass is 9.68. The van der Waals surface area contributed by atoms with Crippen LogP contribution in [0.5, 0.6) is 0 Å². The quantitative estimate of drug-likeness (QED) is 0.333. The predicted octanol–water partition coefficient (Wildman–Crippen LogP) is 6.00. The van der Waals surface area contributed by atoms with Gasteiger partial charge in [0, 0.05) is 22.7 Å². The maximum Gasteiger partial charge on any atom is 0.234 e. The molecule has 1 aliphatic carbocycles. The predicted molar refractivity (Wildman–Crippen MR) is 154 cm³/mol. The molecule has 2 heterocycles. The van der Waals surface area contributed by atoms with Gasteiger partial charge in [0.25, 0.3) is 0 Å². The highest BCUT2D eigenvalue weighted by Gasteiger charge is 2.45. The summed E-state index contributed by atoms with van der Waals surface area (Å²) in [6.07, 6.45) is 0.828. The molecule has 204 valence electrons. The van der Waals surface area contributed by atoms with Gasteiger partial charge in [0.15, 0.2) is 10.1 Å². The third-order valence-corrected chi connectivity index (χ3v) is 9.04. The highest BCUT2D eigenvalue weighted by molar-refractivity contribution is 8.01. The molecule has 8 nitrogen and oxygen atoms in total. The number of ketones is 1. The zero-order valence-corrected chi connectivity index (χ0v) is 24.0. The summed E-state index contributed by atoms with van der Waals surface area (Å²) in [5, 5.41) is 22.1. The summed E-state index contributed by atoms with van der Waals surface area (Å²) >= 11 is 8.86. The van der Waals surface area contributed by atoms with Crippen molar-refractivity contribution >= 4 is 57.2 Å². The fourth-order valence-corrected chi connectivity index (χ4v) is 6.90. The van der Waals surface area contributed by atoms with E-state index in [0.29, 0.717) is 44.2 Å². The molecule has 3 aromatic rings. The zero-order chi connectivity index (χ0) is 28.6. The molecule has 1 amide bonds. The minimum atomic E-state index is -0.697. The Morgan fingerprint density at radius 3 is 2.70 bits per heavy atom. The van der Waals surface area contributed by atoms with Crippen LogP contribution in [0.3, 0.4) is 0 Å². The number of nitrogens with zero attached hydrogens (tertiary/aromatic N) is 4. The van der Waals surface area contributed by atoms with Crippen molar-refractivity contribution in [1.82, 2.24) is 10.2 Å². The van der Waals surface area contributed by atoms with Gasteiger partial charge in [-0.3, -0.25) is 14.5 Å². The molecule has 0 fully saturated rings. The number of nitrogens with two attached hydrogens (primary N) is 1. The number of nitriles is 1. The molecule has 3 N–H and O–H groups in total. The Balaban J connectivity index is 1.48. The van der Waals surface area contributed by atoms with Crippen molar-refractivity contribution in [3.8, 4) is 6.07 Å². The topological polar surface area (TPSA) is 125 Å². The molecule has 0 saturated carbocycles. The molecule has 0 spiro atoms. The summed E-state index contributed by atoms with van der Waals surface area (Å²) < 4.78 is 14.3. The van der Waals surface area contributed by atoms with Gasteiger partial charge >= 0.3 is 0 Å². The van der Waals surface area contributed by atoms with Crippen molar-refractivity contribution in [3.63, 3.8) is 0 Å². The number of carbonyl (C=O) groups is 2. The Labute approximate surface area is 243 Å². The lowest BCUT2D eigenvalue weighted by molar-refractivity contribution is -0.118. The Morgan fingerprint density at radius 1 is 1.25 bits per heavy atom. The molecule has 2 aliphatic rings. The summed E-state index contributed by atoms with van der Waals surface area (Å²) in [4.78, 5) is 27.7. The molecule has 12 heteroatoms. The van der Waals surface area contributed by atoms with Crippen molar-refractivity contribution in [2.75, 3.05) is 16.0 Å². The van der Waals surface area contributed by atoms with E-state index < -0.39 is 17.6 Å². The van der Waals surface area contributed by atoms with Gasteiger partial charge in [-0.2, -0.15) is 5.26 Å². The van der Waals surface area contributed by atoms with Crippen LogP contribution in [0.25, 0.3) is 0 Å². The maximum atomic E-state index is 13.9. The number of benzene rings is 2. The van der Waals surface area contributed by atoms with E-state index in [-0.39, 0.29) is 34.0 Å². The number of aromatic nitrogens is 2. The number of Topliss-reactive ketones (excluding diaryl/α,β-unsaturated/α-hetero) is 1. The zero-order valence-electron chi connectivity index (χ0n) is 21.6. The van der Waals surface area contributed by atoms with Gasteiger partial charge in [0.2, 0.25) is 11.0 Å². The summed E-state index contributed by atoms with van der Waals surface area (Å²) in [6.45, 7) is 4.01. The average Bonchev–Trinajstić information content (AvgIpc) is 3.36. The van der Waals surface area contributed by atoms with E-state index in [0.717, 1.165) is 11.8 Å². The van der Waals surface area contributed by atoms with Crippen LogP contribution >= 0.6 is 34.7 Å². The van der Waals surface area contributed by atoms with E-state index in [2.05, 4.69) is 21.6 Å². The van der Waals surface area contributed by atoms with E-state index in [9.17, 15) is 19.2 Å². The smallest absolute Gasteiger partial charge is 0.234 e. The monoisotopic (exact) mass is 594 g/mol. The number of halogens is 2. The first-order valence-corrected chi connectivity index (χ1v) is 14.5. The molecule has 1 aliphatic heterocycles. The van der Waals surface area contributed by atoms with E-state index in [1.54, 1.807) is 35.2 Å². The van der Waals surface area contributed by atoms with Crippen LogP contribution in [0.2, 0.25) is 5.02 Å². The summed E-state index contributed by atoms with van der Waals surface area (Å²) in [5.41, 5.74) is 8.37. The molecule has 1 atom stereocenters. The largest absolute Gasteiger partial charge is 0.384 e. The van der Waals surface area contributed by atoms with Crippen molar-refractivity contribution in [2.45, 2.75) is 36.9 Å². The molecular weight excluding hydrogens is 571 g/mol. The number of thioether (sulfide) groups is 1. The van der Waals surface area contributed by atoms with Crippen LogP contribution in [0, 0.1) is 22.6 Å². The molecule has 0 bridgehead atoms. The van der Waals surface area contributed by atoms with Gasteiger partial charge in [-0.1, -0.05) is 78.9 Å². The van der Waals surface area contributed by atoms with Gasteiger partial charge in [0.05, 0.1) is 29.0 Å². The van der Waals surface area contributed by atoms with E-state index in [4.69, 9.17) is 17.3 Å². The number of hydrogen-bond acceptors (Lipinski definition) is 9. The number of amides is 1. The van der Waals surface area contributed by atoms with Crippen LogP contribution in [0.15, 0.2) is 75.5 Å². The lowest BCUT2D eigenvalue weighted by Gasteiger charge is -2.42. The molecule has 0 radical (unpaired) electrons. The molecular formula is C28H24ClFN6O2S2. The third kappa shape index (κ3) is 5.35. The fourth-order valence-electron chi connectivity index (χ4n) is 4.97. The van der Waals surface area contributed by atoms with Crippen molar-refractivity contribution in [2.24, 2.45) is 11.1 Å². The SMILES string of the molecule is CC1(C)CC(=O)C2=C(C1)N(c1nnc(SCC(=O)Nc3ccccc3F)s1)C(N)=C(C#N)C2c1ccccc1Cl. The first kappa shape index (κ1) is 27.8. The van der Waals surface area contributed by atoms with E-state index >= 15 is 0 Å². The van der Waals surface area contributed by atoms with E-state index in [1.807, 2.05) is 19.9 Å². The highest BCUT2D eigenvalue weighted by Crippen LogP contribution is 2.51. The van der Waals surface area contributed by atoms with Crippen LogP contribution < -0.4 is 16.0 Å². The molecule has 1 unspecified atom stereocenters. The average molecular weight is 595 g/mol. The normalized spacial score (nSPS) is 18.4. The molecule has 2 aromatic carbocycles. The Kier molecular flexibility index (Phi) is 7.68. The molecule has 0 saturated heterocycles. The highest BCUT2D eigenvalue weighted by atomic mass is 35.5. The Morgan fingerprint density at radius 2 is 1.98 bits per heavy atom. The third-order valence-electron chi connectivity index (χ3n) is 6.66. The first-order valence-electron chi connectivity index (χ1n) is 12.3. The van der Waals surface area contributed by atoms with E-state index in [1.165, 1.54) is 23.5 Å².